The van der Waals surface area contributed by atoms with Crippen molar-refractivity contribution in [3.05, 3.63) is 46.2 Å². The smallest absolute Gasteiger partial charge is 0.241 e. The van der Waals surface area contributed by atoms with Gasteiger partial charge in [0.15, 0.2) is 11.5 Å². The first kappa shape index (κ1) is 17.0. The Morgan fingerprint density at radius 1 is 1.15 bits per heavy atom. The molecule has 2 aromatic rings. The highest BCUT2D eigenvalue weighted by atomic mass is 32.1. The van der Waals surface area contributed by atoms with Crippen LogP contribution >= 0.6 is 11.3 Å². The number of benzene rings is 1. The molecular formula is C20H23N3O3S. The molecule has 7 heteroatoms. The van der Waals surface area contributed by atoms with Gasteiger partial charge in [0.2, 0.25) is 5.91 Å². The van der Waals surface area contributed by atoms with Crippen LogP contribution in [0.3, 0.4) is 0 Å². The second kappa shape index (κ2) is 7.14. The Balaban J connectivity index is 1.32. The van der Waals surface area contributed by atoms with Crippen molar-refractivity contribution in [1.82, 2.24) is 15.8 Å². The fourth-order valence-corrected chi connectivity index (χ4v) is 5.03. The normalized spacial score (nSPS) is 27.1. The topological polar surface area (TPSA) is 62.8 Å². The number of hydrazine groups is 1. The third-order valence-electron chi connectivity index (χ3n) is 5.57. The summed E-state index contributed by atoms with van der Waals surface area (Å²) >= 11 is 1.72. The van der Waals surface area contributed by atoms with E-state index in [1.165, 1.54) is 4.88 Å². The van der Waals surface area contributed by atoms with E-state index in [0.717, 1.165) is 42.9 Å². The lowest BCUT2D eigenvalue weighted by molar-refractivity contribution is -0.134. The zero-order valence-electron chi connectivity index (χ0n) is 15.0. The molecule has 0 radical (unpaired) electrons. The average molecular weight is 385 g/mol. The van der Waals surface area contributed by atoms with Crippen LogP contribution in [0, 0.1) is 0 Å². The lowest BCUT2D eigenvalue weighted by atomic mass is 10.0. The number of ether oxygens (including phenoxy) is 2. The minimum atomic E-state index is -0.185. The van der Waals surface area contributed by atoms with Crippen molar-refractivity contribution in [3.63, 3.8) is 0 Å². The third kappa shape index (κ3) is 3.20. The highest BCUT2D eigenvalue weighted by Crippen LogP contribution is 2.39. The summed E-state index contributed by atoms with van der Waals surface area (Å²) in [5.74, 6) is 1.76. The van der Waals surface area contributed by atoms with Crippen molar-refractivity contribution >= 4 is 17.2 Å². The molecule has 0 saturated carbocycles. The zero-order valence-corrected chi connectivity index (χ0v) is 15.8. The number of hydrogen-bond acceptors (Lipinski definition) is 6. The molecule has 1 amide bonds. The van der Waals surface area contributed by atoms with Gasteiger partial charge in [0.1, 0.15) is 19.3 Å². The van der Waals surface area contributed by atoms with Gasteiger partial charge >= 0.3 is 0 Å². The quantitative estimate of drug-likeness (QED) is 0.851. The number of fused-ring (bicyclic) bond motifs is 1. The van der Waals surface area contributed by atoms with Crippen molar-refractivity contribution in [1.29, 1.82) is 0 Å². The molecule has 1 aromatic heterocycles. The summed E-state index contributed by atoms with van der Waals surface area (Å²) in [7, 11) is 0. The van der Waals surface area contributed by atoms with E-state index in [1.54, 1.807) is 11.3 Å². The fourth-order valence-electron chi connectivity index (χ4n) is 4.24. The molecule has 0 spiro atoms. The highest BCUT2D eigenvalue weighted by Gasteiger charge is 2.38. The van der Waals surface area contributed by atoms with Gasteiger partial charge in [-0.3, -0.25) is 4.79 Å². The van der Waals surface area contributed by atoms with E-state index in [9.17, 15) is 4.79 Å². The maximum Gasteiger partial charge on any atom is 0.241 e. The predicted octanol–water partition coefficient (Wildman–Crippen LogP) is 2.79. The van der Waals surface area contributed by atoms with Gasteiger partial charge in [-0.05, 0) is 48.4 Å². The molecule has 0 aliphatic carbocycles. The van der Waals surface area contributed by atoms with Crippen LogP contribution in [0.4, 0.5) is 0 Å². The predicted molar refractivity (Wildman–Crippen MR) is 103 cm³/mol. The van der Waals surface area contributed by atoms with Crippen LogP contribution in [0.1, 0.15) is 41.8 Å². The Morgan fingerprint density at radius 2 is 2.04 bits per heavy atom. The van der Waals surface area contributed by atoms with Crippen molar-refractivity contribution in [3.8, 4) is 11.5 Å². The Labute approximate surface area is 162 Å². The number of thiophene rings is 1. The number of rotatable bonds is 3. The Kier molecular flexibility index (Phi) is 4.51. The molecule has 2 fully saturated rings. The molecule has 4 heterocycles. The maximum atomic E-state index is 13.2. The van der Waals surface area contributed by atoms with E-state index in [-0.39, 0.29) is 24.0 Å². The SMILES string of the molecule is O=C(C1CC(c2cccs2)NN1)N1CCCC1c1ccc2c(c1)OCCO2. The second-order valence-electron chi connectivity index (χ2n) is 7.24. The van der Waals surface area contributed by atoms with Gasteiger partial charge in [-0.25, -0.2) is 10.9 Å². The summed E-state index contributed by atoms with van der Waals surface area (Å²) in [6.45, 7) is 1.97. The summed E-state index contributed by atoms with van der Waals surface area (Å²) in [5, 5.41) is 2.07. The molecule has 1 aromatic carbocycles. The molecule has 3 aliphatic heterocycles. The zero-order chi connectivity index (χ0) is 18.2. The number of amides is 1. The number of nitrogens with zero attached hydrogens (tertiary/aromatic N) is 1. The van der Waals surface area contributed by atoms with E-state index >= 15 is 0 Å². The highest BCUT2D eigenvalue weighted by molar-refractivity contribution is 7.10. The van der Waals surface area contributed by atoms with Crippen LogP contribution in [0.25, 0.3) is 0 Å². The van der Waals surface area contributed by atoms with Gasteiger partial charge < -0.3 is 14.4 Å². The Morgan fingerprint density at radius 3 is 2.89 bits per heavy atom. The molecule has 6 nitrogen and oxygen atoms in total. The monoisotopic (exact) mass is 385 g/mol. The van der Waals surface area contributed by atoms with E-state index in [0.29, 0.717) is 13.2 Å². The van der Waals surface area contributed by atoms with Gasteiger partial charge in [-0.2, -0.15) is 0 Å². The number of carbonyl (C=O) groups excluding carboxylic acids is 1. The molecule has 142 valence electrons. The first-order chi connectivity index (χ1) is 13.3. The van der Waals surface area contributed by atoms with Gasteiger partial charge in [-0.1, -0.05) is 12.1 Å². The molecule has 27 heavy (non-hydrogen) atoms. The fraction of sp³-hybridized carbons (Fsp3) is 0.450. The van der Waals surface area contributed by atoms with Crippen LogP contribution in [0.2, 0.25) is 0 Å². The summed E-state index contributed by atoms with van der Waals surface area (Å²) in [6.07, 6.45) is 2.79. The Hall–Kier alpha value is -2.09. The van der Waals surface area contributed by atoms with Crippen LogP contribution in [-0.4, -0.2) is 36.6 Å². The van der Waals surface area contributed by atoms with Crippen LogP contribution in [0.15, 0.2) is 35.7 Å². The molecule has 2 N–H and O–H groups in total. The van der Waals surface area contributed by atoms with Crippen molar-refractivity contribution in [2.45, 2.75) is 37.4 Å². The van der Waals surface area contributed by atoms with E-state index in [4.69, 9.17) is 9.47 Å². The summed E-state index contributed by atoms with van der Waals surface area (Å²) < 4.78 is 11.3. The number of nitrogens with one attached hydrogen (secondary N) is 2. The minimum Gasteiger partial charge on any atom is -0.486 e. The van der Waals surface area contributed by atoms with Gasteiger partial charge in [0.05, 0.1) is 12.1 Å². The maximum absolute atomic E-state index is 13.2. The van der Waals surface area contributed by atoms with Crippen molar-refractivity contribution < 1.29 is 14.3 Å². The summed E-state index contributed by atoms with van der Waals surface area (Å²) in [4.78, 5) is 16.5. The van der Waals surface area contributed by atoms with Crippen molar-refractivity contribution in [2.75, 3.05) is 19.8 Å². The van der Waals surface area contributed by atoms with E-state index in [1.807, 2.05) is 17.0 Å². The Bertz CT molecular complexity index is 826. The van der Waals surface area contributed by atoms with Gasteiger partial charge in [-0.15, -0.1) is 11.3 Å². The molecule has 2 saturated heterocycles. The first-order valence-electron chi connectivity index (χ1n) is 9.54. The largest absolute Gasteiger partial charge is 0.486 e. The number of hydrogen-bond donors (Lipinski definition) is 2. The number of carbonyl (C=O) groups is 1. The number of likely N-dealkylation sites (tertiary alicyclic amines) is 1. The van der Waals surface area contributed by atoms with E-state index in [2.05, 4.69) is 34.4 Å². The molecule has 3 unspecified atom stereocenters. The minimum absolute atomic E-state index is 0.107. The average Bonchev–Trinajstić information content (AvgIpc) is 3.48. The summed E-state index contributed by atoms with van der Waals surface area (Å²) in [6, 6.07) is 10.4. The molecule has 3 aliphatic rings. The third-order valence-corrected chi connectivity index (χ3v) is 6.56. The van der Waals surface area contributed by atoms with Gasteiger partial charge in [0.25, 0.3) is 0 Å². The summed E-state index contributed by atoms with van der Waals surface area (Å²) in [5.41, 5.74) is 7.63. The van der Waals surface area contributed by atoms with Crippen LogP contribution in [0.5, 0.6) is 11.5 Å². The lowest BCUT2D eigenvalue weighted by Crippen LogP contribution is -2.45. The first-order valence-corrected chi connectivity index (χ1v) is 10.4. The lowest BCUT2D eigenvalue weighted by Gasteiger charge is -2.28. The van der Waals surface area contributed by atoms with E-state index < -0.39 is 0 Å². The molecule has 0 bridgehead atoms. The van der Waals surface area contributed by atoms with Crippen LogP contribution < -0.4 is 20.3 Å². The second-order valence-corrected chi connectivity index (χ2v) is 8.22. The standard InChI is InChI=1S/C20H23N3O3S/c24-20(15-12-14(21-22-15)19-4-2-10-27-19)23-7-1-3-16(23)13-5-6-17-18(11-13)26-9-8-25-17/h2,4-6,10-11,14-16,21-22H,1,3,7-9,12H2. The van der Waals surface area contributed by atoms with Crippen LogP contribution in [-0.2, 0) is 4.79 Å². The van der Waals surface area contributed by atoms with Gasteiger partial charge in [0, 0.05) is 11.4 Å². The molecular weight excluding hydrogens is 362 g/mol. The molecule has 3 atom stereocenters. The van der Waals surface area contributed by atoms with Crippen molar-refractivity contribution in [2.24, 2.45) is 0 Å². The molecule has 5 rings (SSSR count).